The van der Waals surface area contributed by atoms with Gasteiger partial charge in [-0.1, -0.05) is 12.1 Å². The SMILES string of the molecule is COC(=O)CNC(=O)c1ccc(C=O)cc1. The Labute approximate surface area is 92.4 Å². The van der Waals surface area contributed by atoms with Crippen LogP contribution in [0.2, 0.25) is 0 Å². The number of hydrogen-bond acceptors (Lipinski definition) is 4. The van der Waals surface area contributed by atoms with Gasteiger partial charge in [0.15, 0.2) is 0 Å². The lowest BCUT2D eigenvalue weighted by Gasteiger charge is -2.03. The Bertz CT molecular complexity index is 397. The standard InChI is InChI=1S/C11H11NO4/c1-16-10(14)6-12-11(15)9-4-2-8(7-13)3-5-9/h2-5,7H,6H2,1H3,(H,12,15). The number of amides is 1. The van der Waals surface area contributed by atoms with Crippen molar-refractivity contribution < 1.29 is 19.1 Å². The number of rotatable bonds is 4. The number of carbonyl (C=O) groups excluding carboxylic acids is 3. The predicted molar refractivity (Wildman–Crippen MR) is 56.2 cm³/mol. The first-order chi connectivity index (χ1) is 7.67. The molecule has 0 radical (unpaired) electrons. The molecule has 0 bridgehead atoms. The second-order valence-corrected chi connectivity index (χ2v) is 3.00. The monoisotopic (exact) mass is 221 g/mol. The molecule has 0 aliphatic rings. The van der Waals surface area contributed by atoms with Crippen molar-refractivity contribution in [2.24, 2.45) is 0 Å². The van der Waals surface area contributed by atoms with Crippen LogP contribution in [-0.2, 0) is 9.53 Å². The summed E-state index contributed by atoms with van der Waals surface area (Å²) in [6.07, 6.45) is 0.691. The van der Waals surface area contributed by atoms with E-state index in [0.29, 0.717) is 17.4 Å². The zero-order valence-corrected chi connectivity index (χ0v) is 8.73. The molecule has 0 aliphatic heterocycles. The van der Waals surface area contributed by atoms with Crippen LogP contribution in [0, 0.1) is 0 Å². The Balaban J connectivity index is 2.59. The Kier molecular flexibility index (Phi) is 4.20. The largest absolute Gasteiger partial charge is 0.468 e. The maximum atomic E-state index is 11.5. The smallest absolute Gasteiger partial charge is 0.325 e. The molecular weight excluding hydrogens is 210 g/mol. The summed E-state index contributed by atoms with van der Waals surface area (Å²) < 4.78 is 4.37. The minimum atomic E-state index is -0.516. The molecule has 1 amide bonds. The van der Waals surface area contributed by atoms with Gasteiger partial charge < -0.3 is 10.1 Å². The van der Waals surface area contributed by atoms with Gasteiger partial charge in [0.25, 0.3) is 5.91 Å². The Morgan fingerprint density at radius 3 is 2.44 bits per heavy atom. The number of ether oxygens (including phenoxy) is 1. The maximum Gasteiger partial charge on any atom is 0.325 e. The second-order valence-electron chi connectivity index (χ2n) is 3.00. The van der Waals surface area contributed by atoms with Gasteiger partial charge in [-0.2, -0.15) is 0 Å². The number of carbonyl (C=O) groups is 3. The van der Waals surface area contributed by atoms with Gasteiger partial charge in [0.1, 0.15) is 12.8 Å². The van der Waals surface area contributed by atoms with Crippen molar-refractivity contribution in [2.45, 2.75) is 0 Å². The molecule has 84 valence electrons. The van der Waals surface area contributed by atoms with Crippen LogP contribution in [-0.4, -0.2) is 31.8 Å². The lowest BCUT2D eigenvalue weighted by Crippen LogP contribution is -2.30. The van der Waals surface area contributed by atoms with Crippen molar-refractivity contribution in [1.29, 1.82) is 0 Å². The van der Waals surface area contributed by atoms with Crippen LogP contribution < -0.4 is 5.32 Å². The average molecular weight is 221 g/mol. The van der Waals surface area contributed by atoms with Crippen LogP contribution in [0.15, 0.2) is 24.3 Å². The lowest BCUT2D eigenvalue weighted by molar-refractivity contribution is -0.139. The fourth-order valence-electron chi connectivity index (χ4n) is 1.04. The first-order valence-electron chi connectivity index (χ1n) is 4.57. The molecule has 0 spiro atoms. The van der Waals surface area contributed by atoms with E-state index in [0.717, 1.165) is 0 Å². The molecule has 5 heteroatoms. The normalized spacial score (nSPS) is 9.31. The molecular formula is C11H11NO4. The van der Waals surface area contributed by atoms with Crippen molar-refractivity contribution in [1.82, 2.24) is 5.32 Å². The number of esters is 1. The number of aldehydes is 1. The summed E-state index contributed by atoms with van der Waals surface area (Å²) in [4.78, 5) is 32.6. The van der Waals surface area contributed by atoms with Crippen molar-refractivity contribution in [3.63, 3.8) is 0 Å². The number of methoxy groups -OCH3 is 1. The fraction of sp³-hybridized carbons (Fsp3) is 0.182. The topological polar surface area (TPSA) is 72.5 Å². The summed E-state index contributed by atoms with van der Waals surface area (Å²) >= 11 is 0. The molecule has 1 aromatic carbocycles. The fourth-order valence-corrected chi connectivity index (χ4v) is 1.04. The van der Waals surface area contributed by atoms with Gasteiger partial charge in [0.05, 0.1) is 7.11 Å². The maximum absolute atomic E-state index is 11.5. The van der Waals surface area contributed by atoms with E-state index in [1.165, 1.54) is 31.4 Å². The van der Waals surface area contributed by atoms with E-state index in [1.54, 1.807) is 0 Å². The molecule has 0 atom stereocenters. The molecule has 0 saturated heterocycles. The van der Waals surface area contributed by atoms with Gasteiger partial charge in [-0.3, -0.25) is 14.4 Å². The van der Waals surface area contributed by atoms with E-state index in [1.807, 2.05) is 0 Å². The van der Waals surface area contributed by atoms with Crippen molar-refractivity contribution in [3.8, 4) is 0 Å². The van der Waals surface area contributed by atoms with Crippen LogP contribution in [0.3, 0.4) is 0 Å². The molecule has 0 heterocycles. The third-order valence-electron chi connectivity index (χ3n) is 1.93. The highest BCUT2D eigenvalue weighted by atomic mass is 16.5. The molecule has 16 heavy (non-hydrogen) atoms. The third kappa shape index (κ3) is 3.20. The Hall–Kier alpha value is -2.17. The van der Waals surface area contributed by atoms with Crippen LogP contribution in [0.4, 0.5) is 0 Å². The van der Waals surface area contributed by atoms with Crippen LogP contribution in [0.25, 0.3) is 0 Å². The number of nitrogens with one attached hydrogen (secondary N) is 1. The molecule has 0 aliphatic carbocycles. The van der Waals surface area contributed by atoms with Crippen molar-refractivity contribution in [2.75, 3.05) is 13.7 Å². The number of benzene rings is 1. The van der Waals surface area contributed by atoms with E-state index in [9.17, 15) is 14.4 Å². The minimum absolute atomic E-state index is 0.176. The zero-order valence-electron chi connectivity index (χ0n) is 8.73. The number of hydrogen-bond donors (Lipinski definition) is 1. The van der Waals surface area contributed by atoms with E-state index in [-0.39, 0.29) is 12.5 Å². The summed E-state index contributed by atoms with van der Waals surface area (Å²) in [6.45, 7) is -0.176. The summed E-state index contributed by atoms with van der Waals surface area (Å²) in [5.74, 6) is -0.902. The van der Waals surface area contributed by atoms with E-state index in [4.69, 9.17) is 0 Å². The summed E-state index contributed by atoms with van der Waals surface area (Å²) in [6, 6.07) is 6.08. The van der Waals surface area contributed by atoms with Gasteiger partial charge in [0.2, 0.25) is 0 Å². The van der Waals surface area contributed by atoms with E-state index < -0.39 is 5.97 Å². The molecule has 1 rings (SSSR count). The molecule has 1 aromatic rings. The molecule has 0 saturated carbocycles. The van der Waals surface area contributed by atoms with Gasteiger partial charge in [0, 0.05) is 11.1 Å². The highest BCUT2D eigenvalue weighted by Crippen LogP contribution is 2.01. The van der Waals surface area contributed by atoms with Gasteiger partial charge in [-0.15, -0.1) is 0 Å². The minimum Gasteiger partial charge on any atom is -0.468 e. The summed E-state index contributed by atoms with van der Waals surface area (Å²) in [5, 5.41) is 2.39. The predicted octanol–water partition coefficient (Wildman–Crippen LogP) is 0.402. The van der Waals surface area contributed by atoms with Crippen LogP contribution >= 0.6 is 0 Å². The van der Waals surface area contributed by atoms with E-state index >= 15 is 0 Å². The Morgan fingerprint density at radius 2 is 1.94 bits per heavy atom. The van der Waals surface area contributed by atoms with Crippen molar-refractivity contribution in [3.05, 3.63) is 35.4 Å². The molecule has 0 fully saturated rings. The zero-order chi connectivity index (χ0) is 12.0. The van der Waals surface area contributed by atoms with Crippen LogP contribution in [0.5, 0.6) is 0 Å². The molecule has 1 N–H and O–H groups in total. The summed E-state index contributed by atoms with van der Waals surface area (Å²) in [7, 11) is 1.24. The quantitative estimate of drug-likeness (QED) is 0.590. The van der Waals surface area contributed by atoms with Gasteiger partial charge in [-0.05, 0) is 12.1 Å². The van der Waals surface area contributed by atoms with Gasteiger partial charge in [-0.25, -0.2) is 0 Å². The highest BCUT2D eigenvalue weighted by Gasteiger charge is 2.07. The van der Waals surface area contributed by atoms with Crippen molar-refractivity contribution >= 4 is 18.2 Å². The third-order valence-corrected chi connectivity index (χ3v) is 1.93. The lowest BCUT2D eigenvalue weighted by atomic mass is 10.1. The average Bonchev–Trinajstić information content (AvgIpc) is 2.35. The van der Waals surface area contributed by atoms with Gasteiger partial charge >= 0.3 is 5.97 Å². The van der Waals surface area contributed by atoms with E-state index in [2.05, 4.69) is 10.1 Å². The highest BCUT2D eigenvalue weighted by molar-refractivity contribution is 5.96. The molecule has 0 unspecified atom stereocenters. The molecule has 0 aromatic heterocycles. The van der Waals surface area contributed by atoms with Crippen LogP contribution in [0.1, 0.15) is 20.7 Å². The first kappa shape index (κ1) is 11.9. The first-order valence-corrected chi connectivity index (χ1v) is 4.57. The summed E-state index contributed by atoms with van der Waals surface area (Å²) in [5.41, 5.74) is 0.874. The Morgan fingerprint density at radius 1 is 1.31 bits per heavy atom. The second kappa shape index (κ2) is 5.65. The molecule has 5 nitrogen and oxygen atoms in total.